The molecule has 1 unspecified atom stereocenters. The van der Waals surface area contributed by atoms with Crippen molar-refractivity contribution in [2.24, 2.45) is 16.7 Å². The fraction of sp³-hybridized carbons (Fsp3) is 0.929. The summed E-state index contributed by atoms with van der Waals surface area (Å²) >= 11 is 0. The summed E-state index contributed by atoms with van der Waals surface area (Å²) in [6.45, 7) is 7.70. The summed E-state index contributed by atoms with van der Waals surface area (Å²) in [5.41, 5.74) is -0.945. The second-order valence-corrected chi connectivity index (χ2v) is 8.28. The molecule has 19 heavy (non-hydrogen) atoms. The fourth-order valence-electron chi connectivity index (χ4n) is 3.76. The van der Waals surface area contributed by atoms with Crippen LogP contribution in [0.3, 0.4) is 0 Å². The summed E-state index contributed by atoms with van der Waals surface area (Å²) in [6.07, 6.45) is 2.50. The van der Waals surface area contributed by atoms with Crippen molar-refractivity contribution in [3.8, 4) is 0 Å². The molecule has 0 aliphatic heterocycles. The lowest BCUT2D eigenvalue weighted by atomic mass is 9.70. The number of rotatable bonds is 5. The molecule has 0 heterocycles. The number of hydrogen-bond acceptors (Lipinski definition) is 4. The van der Waals surface area contributed by atoms with Gasteiger partial charge in [-0.3, -0.25) is 8.98 Å². The zero-order valence-corrected chi connectivity index (χ0v) is 13.0. The first-order chi connectivity index (χ1) is 8.64. The monoisotopic (exact) mass is 288 g/mol. The van der Waals surface area contributed by atoms with E-state index in [4.69, 9.17) is 4.18 Å². The summed E-state index contributed by atoms with van der Waals surface area (Å²) in [7, 11) is -3.64. The van der Waals surface area contributed by atoms with Gasteiger partial charge in [-0.1, -0.05) is 20.8 Å². The minimum atomic E-state index is -3.64. The van der Waals surface area contributed by atoms with Crippen LogP contribution in [0.5, 0.6) is 0 Å². The van der Waals surface area contributed by atoms with Crippen LogP contribution >= 0.6 is 0 Å². The fourth-order valence-corrected chi connectivity index (χ4v) is 5.75. The molecule has 0 N–H and O–H groups in total. The van der Waals surface area contributed by atoms with E-state index >= 15 is 0 Å². The lowest BCUT2D eigenvalue weighted by Gasteiger charge is -2.36. The molecule has 0 aromatic heterocycles. The maximum atomic E-state index is 12.3. The molecule has 2 saturated carbocycles. The Kier molecular flexibility index (Phi) is 3.59. The topological polar surface area (TPSA) is 60.4 Å². The van der Waals surface area contributed by atoms with Gasteiger partial charge in [-0.2, -0.15) is 8.42 Å². The van der Waals surface area contributed by atoms with Gasteiger partial charge in [0, 0.05) is 6.42 Å². The summed E-state index contributed by atoms with van der Waals surface area (Å²) in [5.74, 6) is 0.302. The van der Waals surface area contributed by atoms with Crippen molar-refractivity contribution in [3.05, 3.63) is 0 Å². The number of carbonyl (C=O) groups is 1. The first-order valence-electron chi connectivity index (χ1n) is 7.09. The average molecular weight is 288 g/mol. The van der Waals surface area contributed by atoms with E-state index in [-0.39, 0.29) is 23.1 Å². The Balaban J connectivity index is 2.24. The van der Waals surface area contributed by atoms with Crippen LogP contribution < -0.4 is 0 Å². The van der Waals surface area contributed by atoms with Crippen LogP contribution in [0.4, 0.5) is 0 Å². The first kappa shape index (κ1) is 15.0. The van der Waals surface area contributed by atoms with E-state index in [1.165, 1.54) is 0 Å². The minimum Gasteiger partial charge on any atom is -0.299 e. The van der Waals surface area contributed by atoms with Gasteiger partial charge in [-0.15, -0.1) is 0 Å². The molecular formula is C14H24O4S. The molecule has 3 atom stereocenters. The van der Waals surface area contributed by atoms with E-state index in [1.54, 1.807) is 6.92 Å². The highest BCUT2D eigenvalue weighted by Gasteiger charge is 2.65. The lowest BCUT2D eigenvalue weighted by molar-refractivity contribution is -0.128. The van der Waals surface area contributed by atoms with Crippen LogP contribution in [0.15, 0.2) is 0 Å². The van der Waals surface area contributed by atoms with Crippen molar-refractivity contribution in [1.29, 1.82) is 0 Å². The molecule has 0 spiro atoms. The summed E-state index contributed by atoms with van der Waals surface area (Å²) in [6, 6.07) is 0. The number of hydrogen-bond donors (Lipinski definition) is 0. The van der Waals surface area contributed by atoms with E-state index in [0.717, 1.165) is 6.42 Å². The maximum absolute atomic E-state index is 12.3. The van der Waals surface area contributed by atoms with Gasteiger partial charge >= 0.3 is 0 Å². The van der Waals surface area contributed by atoms with Gasteiger partial charge < -0.3 is 0 Å². The number of ketones is 1. The molecular weight excluding hydrogens is 264 g/mol. The Hall–Kier alpha value is -0.420. The standard InChI is InChI=1S/C14H24O4S/c1-5-10(2)18-19(16,17)9-14-7-6-11(8-12(14)15)13(14,3)4/h10-11H,5-9H2,1-4H3/t10?,11-,14-/m0/s1. The molecule has 2 fully saturated rings. The van der Waals surface area contributed by atoms with E-state index in [0.29, 0.717) is 25.2 Å². The molecule has 0 saturated heterocycles. The van der Waals surface area contributed by atoms with Gasteiger partial charge in [0.2, 0.25) is 0 Å². The third-order valence-electron chi connectivity index (χ3n) is 5.45. The predicted molar refractivity (Wildman–Crippen MR) is 73.2 cm³/mol. The van der Waals surface area contributed by atoms with Gasteiger partial charge in [0.25, 0.3) is 10.1 Å². The molecule has 2 bridgehead atoms. The van der Waals surface area contributed by atoms with Gasteiger partial charge in [-0.25, -0.2) is 0 Å². The zero-order chi connectivity index (χ0) is 14.5. The second kappa shape index (κ2) is 4.55. The molecule has 2 aliphatic carbocycles. The van der Waals surface area contributed by atoms with Crippen molar-refractivity contribution in [2.45, 2.75) is 59.5 Å². The molecule has 4 nitrogen and oxygen atoms in total. The molecule has 2 rings (SSSR count). The predicted octanol–water partition coefficient (Wildman–Crippen LogP) is 2.53. The van der Waals surface area contributed by atoms with Gasteiger partial charge in [0.15, 0.2) is 0 Å². The van der Waals surface area contributed by atoms with Crippen molar-refractivity contribution in [3.63, 3.8) is 0 Å². The molecule has 2 aliphatic rings. The third kappa shape index (κ3) is 2.25. The average Bonchev–Trinajstić information content (AvgIpc) is 2.61. The molecule has 0 amide bonds. The molecule has 0 aromatic rings. The molecule has 0 radical (unpaired) electrons. The van der Waals surface area contributed by atoms with Gasteiger partial charge in [0.05, 0.1) is 17.3 Å². The van der Waals surface area contributed by atoms with E-state index in [2.05, 4.69) is 0 Å². The SMILES string of the molecule is CCC(C)OS(=O)(=O)C[C@@]12CC[C@@H](CC1=O)C2(C)C. The highest BCUT2D eigenvalue weighted by Crippen LogP contribution is 2.64. The Morgan fingerprint density at radius 2 is 2.05 bits per heavy atom. The van der Waals surface area contributed by atoms with E-state index in [9.17, 15) is 13.2 Å². The number of Topliss-reactive ketones (excluding diaryl/α,β-unsaturated/α-hetero) is 1. The van der Waals surface area contributed by atoms with Crippen LogP contribution in [-0.4, -0.2) is 26.1 Å². The molecule has 110 valence electrons. The zero-order valence-electron chi connectivity index (χ0n) is 12.2. The largest absolute Gasteiger partial charge is 0.299 e. The van der Waals surface area contributed by atoms with Gasteiger partial charge in [-0.05, 0) is 37.5 Å². The number of fused-ring (bicyclic) bond motifs is 2. The van der Waals surface area contributed by atoms with Crippen LogP contribution in [0.1, 0.15) is 53.4 Å². The minimum absolute atomic E-state index is 0.116. The normalized spacial score (nSPS) is 34.7. The van der Waals surface area contributed by atoms with Crippen LogP contribution in [0.2, 0.25) is 0 Å². The van der Waals surface area contributed by atoms with Crippen LogP contribution in [0.25, 0.3) is 0 Å². The summed E-state index contributed by atoms with van der Waals surface area (Å²) < 4.78 is 29.6. The molecule has 5 heteroatoms. The van der Waals surface area contributed by atoms with Crippen molar-refractivity contribution >= 4 is 15.9 Å². The van der Waals surface area contributed by atoms with E-state index < -0.39 is 15.5 Å². The molecule has 0 aromatic carbocycles. The first-order valence-corrected chi connectivity index (χ1v) is 8.66. The highest BCUT2D eigenvalue weighted by atomic mass is 32.2. The number of carbonyl (C=O) groups excluding carboxylic acids is 1. The van der Waals surface area contributed by atoms with E-state index in [1.807, 2.05) is 20.8 Å². The summed E-state index contributed by atoms with van der Waals surface area (Å²) in [5, 5.41) is 0. The smallest absolute Gasteiger partial charge is 0.268 e. The maximum Gasteiger partial charge on any atom is 0.268 e. The van der Waals surface area contributed by atoms with Crippen LogP contribution in [-0.2, 0) is 19.1 Å². The van der Waals surface area contributed by atoms with Crippen LogP contribution in [0, 0.1) is 16.7 Å². The Labute approximate surface area is 116 Å². The quantitative estimate of drug-likeness (QED) is 0.729. The van der Waals surface area contributed by atoms with Crippen molar-refractivity contribution < 1.29 is 17.4 Å². The lowest BCUT2D eigenvalue weighted by Crippen LogP contribution is -2.43. The Morgan fingerprint density at radius 1 is 1.42 bits per heavy atom. The Morgan fingerprint density at radius 3 is 2.47 bits per heavy atom. The highest BCUT2D eigenvalue weighted by molar-refractivity contribution is 7.86. The summed E-state index contributed by atoms with van der Waals surface area (Å²) in [4.78, 5) is 12.3. The van der Waals surface area contributed by atoms with Gasteiger partial charge in [0.1, 0.15) is 5.78 Å². The van der Waals surface area contributed by atoms with Crippen molar-refractivity contribution in [2.75, 3.05) is 5.75 Å². The second-order valence-electron chi connectivity index (χ2n) is 6.68. The van der Waals surface area contributed by atoms with Crippen molar-refractivity contribution in [1.82, 2.24) is 0 Å². The third-order valence-corrected chi connectivity index (χ3v) is 6.92. The Bertz CT molecular complexity index is 480.